The van der Waals surface area contributed by atoms with Crippen molar-refractivity contribution in [3.05, 3.63) is 54.0 Å². The number of nitrogens with one attached hydrogen (secondary N) is 1. The summed E-state index contributed by atoms with van der Waals surface area (Å²) >= 11 is 0. The van der Waals surface area contributed by atoms with Crippen LogP contribution in [0.15, 0.2) is 42.7 Å². The van der Waals surface area contributed by atoms with Gasteiger partial charge < -0.3 is 10.2 Å². The first kappa shape index (κ1) is 19.7. The molecular weight excluding hydrogens is 392 g/mol. The summed E-state index contributed by atoms with van der Waals surface area (Å²) in [6.45, 7) is 1.25. The molecule has 1 aliphatic heterocycles. The minimum Gasteiger partial charge on any atom is -0.348 e. The minimum absolute atomic E-state index is 0.0209. The molecule has 1 aliphatic carbocycles. The van der Waals surface area contributed by atoms with Gasteiger partial charge in [-0.1, -0.05) is 24.1 Å². The van der Waals surface area contributed by atoms with Crippen molar-refractivity contribution in [2.24, 2.45) is 0 Å². The van der Waals surface area contributed by atoms with Crippen LogP contribution in [0.5, 0.6) is 0 Å². The fraction of sp³-hybridized carbons (Fsp3) is 0.435. The third-order valence-corrected chi connectivity index (χ3v) is 6.35. The third kappa shape index (κ3) is 4.15. The van der Waals surface area contributed by atoms with Gasteiger partial charge in [0.15, 0.2) is 5.69 Å². The van der Waals surface area contributed by atoms with Crippen molar-refractivity contribution in [1.29, 1.82) is 0 Å². The van der Waals surface area contributed by atoms with Gasteiger partial charge in [0, 0.05) is 29.7 Å². The fourth-order valence-electron chi connectivity index (χ4n) is 4.70. The lowest BCUT2D eigenvalue weighted by Crippen LogP contribution is -2.38. The molecule has 1 aromatic carbocycles. The number of pyridine rings is 1. The van der Waals surface area contributed by atoms with Crippen LogP contribution in [0.3, 0.4) is 0 Å². The molecule has 3 heterocycles. The van der Waals surface area contributed by atoms with E-state index in [4.69, 9.17) is 0 Å². The lowest BCUT2D eigenvalue weighted by atomic mass is 10.1. The van der Waals surface area contributed by atoms with Gasteiger partial charge in [0.05, 0.1) is 24.3 Å². The minimum atomic E-state index is -0.165. The maximum Gasteiger partial charge on any atom is 0.273 e. The Balaban J connectivity index is 1.26. The molecule has 0 radical (unpaired) electrons. The molecule has 2 amide bonds. The van der Waals surface area contributed by atoms with Crippen molar-refractivity contribution in [1.82, 2.24) is 30.2 Å². The number of likely N-dealkylation sites (tertiary alicyclic amines) is 1. The van der Waals surface area contributed by atoms with Gasteiger partial charge in [-0.3, -0.25) is 14.6 Å². The van der Waals surface area contributed by atoms with E-state index in [1.54, 1.807) is 17.1 Å². The maximum atomic E-state index is 13.2. The second-order valence-electron chi connectivity index (χ2n) is 8.49. The van der Waals surface area contributed by atoms with E-state index >= 15 is 0 Å². The van der Waals surface area contributed by atoms with Gasteiger partial charge in [-0.05, 0) is 49.9 Å². The standard InChI is InChI=1S/C23H26N6O2/c30-22(25-18-6-1-2-7-18)21-15-28(27-26-21)14-19-8-4-12-29(19)23(31)17-9-10-20-16(13-17)5-3-11-24-20/h3,5,9-11,13,15,18-19H,1-2,4,6-8,12,14H2,(H,25,30)/t19-/m0/s1. The summed E-state index contributed by atoms with van der Waals surface area (Å²) in [5, 5.41) is 12.2. The Morgan fingerprint density at radius 1 is 1.10 bits per heavy atom. The van der Waals surface area contributed by atoms with Crippen LogP contribution in [-0.2, 0) is 6.54 Å². The molecule has 8 heteroatoms. The summed E-state index contributed by atoms with van der Waals surface area (Å²) in [6, 6.07) is 9.76. The Kier molecular flexibility index (Phi) is 5.36. The van der Waals surface area contributed by atoms with Gasteiger partial charge in [0.25, 0.3) is 11.8 Å². The van der Waals surface area contributed by atoms with E-state index in [9.17, 15) is 9.59 Å². The van der Waals surface area contributed by atoms with E-state index < -0.39 is 0 Å². The zero-order valence-electron chi connectivity index (χ0n) is 17.4. The van der Waals surface area contributed by atoms with Crippen LogP contribution in [0.25, 0.3) is 10.9 Å². The number of nitrogens with zero attached hydrogens (tertiary/aromatic N) is 5. The predicted molar refractivity (Wildman–Crippen MR) is 116 cm³/mol. The molecule has 1 saturated heterocycles. The zero-order valence-corrected chi connectivity index (χ0v) is 17.4. The highest BCUT2D eigenvalue weighted by atomic mass is 16.2. The Morgan fingerprint density at radius 3 is 2.84 bits per heavy atom. The lowest BCUT2D eigenvalue weighted by Gasteiger charge is -2.24. The Hall–Kier alpha value is -3.29. The summed E-state index contributed by atoms with van der Waals surface area (Å²) in [4.78, 5) is 31.9. The predicted octanol–water partition coefficient (Wildman–Crippen LogP) is 2.80. The average molecular weight is 419 g/mol. The molecule has 1 atom stereocenters. The molecule has 0 unspecified atom stereocenters. The number of carbonyl (C=O) groups is 2. The van der Waals surface area contributed by atoms with Crippen molar-refractivity contribution >= 4 is 22.7 Å². The Labute approximate surface area is 180 Å². The maximum absolute atomic E-state index is 13.2. The van der Waals surface area contributed by atoms with E-state index in [0.29, 0.717) is 17.8 Å². The first-order valence-corrected chi connectivity index (χ1v) is 11.0. The number of fused-ring (bicyclic) bond motifs is 1. The SMILES string of the molecule is O=C(NC1CCCC1)c1cn(C[C@@H]2CCCN2C(=O)c2ccc3ncccc3c2)nn1. The van der Waals surface area contributed by atoms with Crippen LogP contribution in [0, 0.1) is 0 Å². The second-order valence-corrected chi connectivity index (χ2v) is 8.49. The fourth-order valence-corrected chi connectivity index (χ4v) is 4.70. The zero-order chi connectivity index (χ0) is 21.2. The topological polar surface area (TPSA) is 93.0 Å². The number of hydrogen-bond acceptors (Lipinski definition) is 5. The van der Waals surface area contributed by atoms with E-state index in [0.717, 1.165) is 56.0 Å². The highest BCUT2D eigenvalue weighted by Crippen LogP contribution is 2.23. The molecule has 160 valence electrons. The molecule has 1 saturated carbocycles. The van der Waals surface area contributed by atoms with Gasteiger partial charge in [-0.2, -0.15) is 0 Å². The van der Waals surface area contributed by atoms with Crippen LogP contribution < -0.4 is 5.32 Å². The smallest absolute Gasteiger partial charge is 0.273 e. The molecular formula is C23H26N6O2. The number of amides is 2. The summed E-state index contributed by atoms with van der Waals surface area (Å²) in [5.74, 6) is -0.144. The second kappa shape index (κ2) is 8.45. The third-order valence-electron chi connectivity index (χ3n) is 6.35. The highest BCUT2D eigenvalue weighted by Gasteiger charge is 2.30. The summed E-state index contributed by atoms with van der Waals surface area (Å²) in [7, 11) is 0. The molecule has 5 rings (SSSR count). The van der Waals surface area contributed by atoms with E-state index in [1.807, 2.05) is 35.2 Å². The van der Waals surface area contributed by atoms with Crippen molar-refractivity contribution in [3.63, 3.8) is 0 Å². The van der Waals surface area contributed by atoms with Gasteiger partial charge >= 0.3 is 0 Å². The quantitative estimate of drug-likeness (QED) is 0.688. The summed E-state index contributed by atoms with van der Waals surface area (Å²) < 4.78 is 1.68. The van der Waals surface area contributed by atoms with Crippen molar-refractivity contribution in [2.45, 2.75) is 57.2 Å². The first-order valence-electron chi connectivity index (χ1n) is 11.0. The normalized spacial score (nSPS) is 19.2. The van der Waals surface area contributed by atoms with Gasteiger partial charge in [-0.25, -0.2) is 4.68 Å². The van der Waals surface area contributed by atoms with Crippen molar-refractivity contribution < 1.29 is 9.59 Å². The molecule has 3 aromatic rings. The van der Waals surface area contributed by atoms with Crippen LogP contribution in [0.2, 0.25) is 0 Å². The van der Waals surface area contributed by atoms with Crippen molar-refractivity contribution in [3.8, 4) is 0 Å². The van der Waals surface area contributed by atoms with Gasteiger partial charge in [-0.15, -0.1) is 5.10 Å². The molecule has 0 spiro atoms. The van der Waals surface area contributed by atoms with Crippen LogP contribution in [0.1, 0.15) is 59.4 Å². The van der Waals surface area contributed by atoms with Crippen LogP contribution in [-0.4, -0.2) is 55.3 Å². The van der Waals surface area contributed by atoms with Crippen molar-refractivity contribution in [2.75, 3.05) is 6.54 Å². The molecule has 2 fully saturated rings. The van der Waals surface area contributed by atoms with E-state index in [1.165, 1.54) is 0 Å². The van der Waals surface area contributed by atoms with Gasteiger partial charge in [0.1, 0.15) is 0 Å². The molecule has 31 heavy (non-hydrogen) atoms. The van der Waals surface area contributed by atoms with Crippen LogP contribution >= 0.6 is 0 Å². The van der Waals surface area contributed by atoms with Gasteiger partial charge in [0.2, 0.25) is 0 Å². The molecule has 1 N–H and O–H groups in total. The van der Waals surface area contributed by atoms with E-state index in [-0.39, 0.29) is 23.9 Å². The highest BCUT2D eigenvalue weighted by molar-refractivity contribution is 5.98. The number of carbonyl (C=O) groups excluding carboxylic acids is 2. The first-order chi connectivity index (χ1) is 15.2. The number of rotatable bonds is 5. The summed E-state index contributed by atoms with van der Waals surface area (Å²) in [5.41, 5.74) is 1.88. The largest absolute Gasteiger partial charge is 0.348 e. The van der Waals surface area contributed by atoms with Crippen LogP contribution in [0.4, 0.5) is 0 Å². The number of hydrogen-bond donors (Lipinski definition) is 1. The molecule has 0 bridgehead atoms. The Bertz CT molecular complexity index is 1100. The number of benzene rings is 1. The summed E-state index contributed by atoms with van der Waals surface area (Å²) in [6.07, 6.45) is 9.69. The molecule has 8 nitrogen and oxygen atoms in total. The number of aromatic nitrogens is 4. The Morgan fingerprint density at radius 2 is 1.97 bits per heavy atom. The molecule has 2 aliphatic rings. The average Bonchev–Trinajstić information content (AvgIpc) is 3.55. The molecule has 2 aromatic heterocycles. The lowest BCUT2D eigenvalue weighted by molar-refractivity contribution is 0.0721. The monoisotopic (exact) mass is 418 g/mol. The van der Waals surface area contributed by atoms with E-state index in [2.05, 4.69) is 20.6 Å².